The van der Waals surface area contributed by atoms with E-state index in [-0.39, 0.29) is 0 Å². The number of nitrogens with zero attached hydrogens (tertiary/aromatic N) is 3. The summed E-state index contributed by atoms with van der Waals surface area (Å²) < 4.78 is 1.89. The molecule has 2 aliphatic carbocycles. The smallest absolute Gasteiger partial charge is 0.168 e. The summed E-state index contributed by atoms with van der Waals surface area (Å²) in [7, 11) is 0. The quantitative estimate of drug-likeness (QED) is 0.883. The monoisotopic (exact) mass is 273 g/mol. The lowest BCUT2D eigenvalue weighted by Crippen LogP contribution is -2.19. The second-order valence-corrected chi connectivity index (χ2v) is 6.23. The molecule has 0 aliphatic heterocycles. The molecule has 1 aromatic rings. The molecule has 1 unspecified atom stereocenters. The molecule has 5 heteroatoms. The van der Waals surface area contributed by atoms with Gasteiger partial charge in [0.15, 0.2) is 5.82 Å². The Morgan fingerprint density at radius 2 is 2.00 bits per heavy atom. The summed E-state index contributed by atoms with van der Waals surface area (Å²) in [6, 6.07) is 2.95. The van der Waals surface area contributed by atoms with Crippen molar-refractivity contribution in [1.29, 1.82) is 5.26 Å². The average Bonchev–Trinajstić information content (AvgIpc) is 3.26. The summed E-state index contributed by atoms with van der Waals surface area (Å²) in [6.45, 7) is 2.16. The van der Waals surface area contributed by atoms with Crippen LogP contribution < -0.4 is 11.1 Å². The molecule has 3 rings (SSSR count). The highest BCUT2D eigenvalue weighted by atomic mass is 15.4. The Kier molecular flexibility index (Phi) is 3.56. The molecule has 0 aromatic carbocycles. The first-order valence-electron chi connectivity index (χ1n) is 7.75. The van der Waals surface area contributed by atoms with E-state index >= 15 is 0 Å². The SMILES string of the molecule is CC(Nc1nn(C2CCCCC2)c(N)c1C#N)C1CC1. The maximum absolute atomic E-state index is 9.35. The molecule has 1 atom stereocenters. The van der Waals surface area contributed by atoms with Gasteiger partial charge in [-0.2, -0.15) is 10.4 Å². The maximum Gasteiger partial charge on any atom is 0.168 e. The zero-order valence-corrected chi connectivity index (χ0v) is 12.1. The van der Waals surface area contributed by atoms with Gasteiger partial charge in [-0.1, -0.05) is 19.3 Å². The number of hydrogen-bond acceptors (Lipinski definition) is 4. The first kappa shape index (κ1) is 13.3. The molecule has 0 spiro atoms. The number of nitrogens with one attached hydrogen (secondary N) is 1. The molecule has 20 heavy (non-hydrogen) atoms. The number of nitriles is 1. The Morgan fingerprint density at radius 1 is 1.30 bits per heavy atom. The third-order valence-electron chi connectivity index (χ3n) is 4.67. The highest BCUT2D eigenvalue weighted by Crippen LogP contribution is 2.36. The standard InChI is InChI=1S/C15H23N5/c1-10(11-7-8-11)18-15-13(9-16)14(17)20(19-15)12-5-3-2-4-6-12/h10-12H,2-8,17H2,1H3,(H,18,19). The third-order valence-corrected chi connectivity index (χ3v) is 4.67. The Morgan fingerprint density at radius 3 is 2.60 bits per heavy atom. The fourth-order valence-corrected chi connectivity index (χ4v) is 3.19. The summed E-state index contributed by atoms with van der Waals surface area (Å²) in [5, 5.41) is 17.4. The Hall–Kier alpha value is -1.70. The van der Waals surface area contributed by atoms with Crippen LogP contribution in [0.25, 0.3) is 0 Å². The van der Waals surface area contributed by atoms with Crippen molar-refractivity contribution in [2.24, 2.45) is 5.92 Å². The van der Waals surface area contributed by atoms with Crippen molar-refractivity contribution in [3.63, 3.8) is 0 Å². The fraction of sp³-hybridized carbons (Fsp3) is 0.733. The van der Waals surface area contributed by atoms with Crippen LogP contribution in [0.2, 0.25) is 0 Å². The van der Waals surface area contributed by atoms with E-state index in [9.17, 15) is 5.26 Å². The molecule has 2 saturated carbocycles. The van der Waals surface area contributed by atoms with E-state index in [1.807, 2.05) is 4.68 Å². The van der Waals surface area contributed by atoms with Crippen molar-refractivity contribution in [1.82, 2.24) is 9.78 Å². The van der Waals surface area contributed by atoms with Gasteiger partial charge >= 0.3 is 0 Å². The first-order chi connectivity index (χ1) is 9.70. The minimum atomic E-state index is 0.364. The predicted molar refractivity (Wildman–Crippen MR) is 79.3 cm³/mol. The van der Waals surface area contributed by atoms with Crippen LogP contribution in [0.3, 0.4) is 0 Å². The van der Waals surface area contributed by atoms with Crippen LogP contribution >= 0.6 is 0 Å². The predicted octanol–water partition coefficient (Wildman–Crippen LogP) is 3.05. The highest BCUT2D eigenvalue weighted by molar-refractivity contribution is 5.64. The third kappa shape index (κ3) is 2.47. The average molecular weight is 273 g/mol. The lowest BCUT2D eigenvalue weighted by Gasteiger charge is -2.22. The topological polar surface area (TPSA) is 79.7 Å². The minimum absolute atomic E-state index is 0.364. The van der Waals surface area contributed by atoms with E-state index in [2.05, 4.69) is 23.4 Å². The summed E-state index contributed by atoms with van der Waals surface area (Å²) in [4.78, 5) is 0. The van der Waals surface area contributed by atoms with Gasteiger partial charge in [-0.05, 0) is 38.5 Å². The van der Waals surface area contributed by atoms with E-state index in [1.54, 1.807) is 0 Å². The van der Waals surface area contributed by atoms with Crippen LogP contribution in [0.5, 0.6) is 0 Å². The van der Waals surface area contributed by atoms with E-state index < -0.39 is 0 Å². The summed E-state index contributed by atoms with van der Waals surface area (Å²) in [6.07, 6.45) is 8.54. The van der Waals surface area contributed by atoms with Gasteiger partial charge in [-0.15, -0.1) is 0 Å². The molecular formula is C15H23N5. The molecule has 0 bridgehead atoms. The highest BCUT2D eigenvalue weighted by Gasteiger charge is 2.30. The van der Waals surface area contributed by atoms with Crippen LogP contribution in [0, 0.1) is 17.2 Å². The van der Waals surface area contributed by atoms with Crippen molar-refractivity contribution in [2.75, 3.05) is 11.1 Å². The molecule has 0 amide bonds. The van der Waals surface area contributed by atoms with E-state index in [0.717, 1.165) is 18.8 Å². The van der Waals surface area contributed by atoms with Gasteiger partial charge in [0, 0.05) is 6.04 Å². The number of aromatic nitrogens is 2. The Balaban J connectivity index is 1.83. The van der Waals surface area contributed by atoms with Crippen molar-refractivity contribution in [2.45, 2.75) is 64.0 Å². The molecule has 0 saturated heterocycles. The largest absolute Gasteiger partial charge is 0.383 e. The lowest BCUT2D eigenvalue weighted by molar-refractivity contribution is 0.333. The number of anilines is 2. The number of nitrogen functional groups attached to an aromatic ring is 1. The van der Waals surface area contributed by atoms with Gasteiger partial charge in [0.25, 0.3) is 0 Å². The molecule has 108 valence electrons. The first-order valence-corrected chi connectivity index (χ1v) is 7.75. The van der Waals surface area contributed by atoms with Crippen LogP contribution in [0.1, 0.15) is 63.5 Å². The number of nitrogens with two attached hydrogens (primary N) is 1. The molecule has 2 fully saturated rings. The van der Waals surface area contributed by atoms with Crippen molar-refractivity contribution in [3.05, 3.63) is 5.56 Å². The van der Waals surface area contributed by atoms with Gasteiger partial charge in [0.05, 0.1) is 6.04 Å². The summed E-state index contributed by atoms with van der Waals surface area (Å²) in [5.74, 6) is 1.93. The summed E-state index contributed by atoms with van der Waals surface area (Å²) in [5.41, 5.74) is 6.67. The molecule has 5 nitrogen and oxygen atoms in total. The molecule has 2 aliphatic rings. The molecule has 1 aromatic heterocycles. The number of rotatable bonds is 4. The lowest BCUT2D eigenvalue weighted by atomic mass is 9.96. The van der Waals surface area contributed by atoms with Gasteiger partial charge in [0.1, 0.15) is 17.5 Å². The van der Waals surface area contributed by atoms with Crippen molar-refractivity contribution < 1.29 is 0 Å². The fourth-order valence-electron chi connectivity index (χ4n) is 3.19. The zero-order chi connectivity index (χ0) is 14.1. The Bertz CT molecular complexity index is 517. The van der Waals surface area contributed by atoms with Crippen LogP contribution in [0.15, 0.2) is 0 Å². The molecule has 1 heterocycles. The second kappa shape index (κ2) is 5.35. The minimum Gasteiger partial charge on any atom is -0.383 e. The Labute approximate surface area is 120 Å². The van der Waals surface area contributed by atoms with Gasteiger partial charge in [0.2, 0.25) is 0 Å². The maximum atomic E-state index is 9.35. The summed E-state index contributed by atoms with van der Waals surface area (Å²) >= 11 is 0. The van der Waals surface area contributed by atoms with E-state index in [1.165, 1.54) is 32.1 Å². The normalized spacial score (nSPS) is 21.4. The van der Waals surface area contributed by atoms with Crippen LogP contribution in [-0.4, -0.2) is 15.8 Å². The number of hydrogen-bond donors (Lipinski definition) is 2. The zero-order valence-electron chi connectivity index (χ0n) is 12.1. The molecular weight excluding hydrogens is 250 g/mol. The van der Waals surface area contributed by atoms with Crippen LogP contribution in [-0.2, 0) is 0 Å². The molecule has 3 N–H and O–H groups in total. The van der Waals surface area contributed by atoms with Crippen molar-refractivity contribution >= 4 is 11.6 Å². The second-order valence-electron chi connectivity index (χ2n) is 6.23. The van der Waals surface area contributed by atoms with E-state index in [4.69, 9.17) is 5.73 Å². The van der Waals surface area contributed by atoms with Gasteiger partial charge < -0.3 is 11.1 Å². The van der Waals surface area contributed by atoms with E-state index in [0.29, 0.717) is 29.3 Å². The van der Waals surface area contributed by atoms with Gasteiger partial charge in [-0.3, -0.25) is 0 Å². The van der Waals surface area contributed by atoms with Gasteiger partial charge in [-0.25, -0.2) is 4.68 Å². The molecule has 0 radical (unpaired) electrons. The van der Waals surface area contributed by atoms with Crippen LogP contribution in [0.4, 0.5) is 11.6 Å². The van der Waals surface area contributed by atoms with Crippen molar-refractivity contribution in [3.8, 4) is 6.07 Å².